The smallest absolute Gasteiger partial charge is 0.228 e. The molecule has 0 spiro atoms. The quantitative estimate of drug-likeness (QED) is 0.908. The van der Waals surface area contributed by atoms with E-state index >= 15 is 0 Å². The van der Waals surface area contributed by atoms with Gasteiger partial charge in [-0.15, -0.1) is 0 Å². The standard InChI is InChI=1S/C17H22FN5/c1-9-7-10(2)11-5-6-13(12(11)8-9)20-16-22-14(17(3,4)18)21-15(19)23-16/h7-8,13H,5-6H2,1-4H3,(H3,19,20,21,22,23)/t13-/m1/s1. The number of aromatic nitrogens is 3. The Morgan fingerprint density at radius 2 is 1.96 bits per heavy atom. The van der Waals surface area contributed by atoms with Gasteiger partial charge < -0.3 is 11.1 Å². The third-order valence-electron chi connectivity index (χ3n) is 4.20. The second-order valence-electron chi connectivity index (χ2n) is 6.70. The molecule has 1 atom stereocenters. The van der Waals surface area contributed by atoms with E-state index in [9.17, 15) is 4.39 Å². The van der Waals surface area contributed by atoms with Crippen molar-refractivity contribution in [1.29, 1.82) is 0 Å². The maximum Gasteiger partial charge on any atom is 0.228 e. The molecular formula is C17H22FN5. The number of alkyl halides is 1. The second kappa shape index (κ2) is 5.44. The number of nitrogens with one attached hydrogen (secondary N) is 1. The lowest BCUT2D eigenvalue weighted by atomic mass is 10.00. The third kappa shape index (κ3) is 3.11. The van der Waals surface area contributed by atoms with E-state index in [1.165, 1.54) is 36.1 Å². The first-order valence-electron chi connectivity index (χ1n) is 7.81. The van der Waals surface area contributed by atoms with Crippen molar-refractivity contribution in [2.75, 3.05) is 11.1 Å². The molecule has 1 aromatic heterocycles. The van der Waals surface area contributed by atoms with Crippen LogP contribution in [0.25, 0.3) is 0 Å². The molecule has 0 aliphatic heterocycles. The molecule has 0 radical (unpaired) electrons. The molecule has 3 rings (SSSR count). The summed E-state index contributed by atoms with van der Waals surface area (Å²) in [6.07, 6.45) is 1.97. The molecule has 3 N–H and O–H groups in total. The highest BCUT2D eigenvalue weighted by molar-refractivity contribution is 5.47. The Bertz CT molecular complexity index is 751. The molecule has 1 aliphatic carbocycles. The highest BCUT2D eigenvalue weighted by Gasteiger charge is 2.27. The van der Waals surface area contributed by atoms with Crippen molar-refractivity contribution < 1.29 is 4.39 Å². The van der Waals surface area contributed by atoms with Gasteiger partial charge >= 0.3 is 0 Å². The normalized spacial score (nSPS) is 17.2. The Kier molecular flexibility index (Phi) is 3.70. The molecule has 0 amide bonds. The zero-order valence-electron chi connectivity index (χ0n) is 13.9. The van der Waals surface area contributed by atoms with E-state index < -0.39 is 5.67 Å². The molecule has 0 fully saturated rings. The predicted molar refractivity (Wildman–Crippen MR) is 89.0 cm³/mol. The Balaban J connectivity index is 1.92. The largest absolute Gasteiger partial charge is 0.368 e. The van der Waals surface area contributed by atoms with Crippen molar-refractivity contribution in [2.45, 2.75) is 52.2 Å². The minimum Gasteiger partial charge on any atom is -0.368 e. The lowest BCUT2D eigenvalue weighted by Crippen LogP contribution is -2.19. The van der Waals surface area contributed by atoms with Gasteiger partial charge in [0.2, 0.25) is 11.9 Å². The molecule has 0 saturated heterocycles. The summed E-state index contributed by atoms with van der Waals surface area (Å²) in [6.45, 7) is 7.04. The average molecular weight is 315 g/mol. The van der Waals surface area contributed by atoms with Crippen LogP contribution in [-0.4, -0.2) is 15.0 Å². The number of hydrogen-bond donors (Lipinski definition) is 2. The van der Waals surface area contributed by atoms with Gasteiger partial charge in [-0.2, -0.15) is 15.0 Å². The number of nitrogen functional groups attached to an aromatic ring is 1. The fourth-order valence-electron chi connectivity index (χ4n) is 3.16. The predicted octanol–water partition coefficient (Wildman–Crippen LogP) is 3.37. The van der Waals surface area contributed by atoms with Gasteiger partial charge in [0.05, 0.1) is 6.04 Å². The van der Waals surface area contributed by atoms with Gasteiger partial charge in [0.25, 0.3) is 0 Å². The van der Waals surface area contributed by atoms with E-state index in [1.54, 1.807) is 0 Å². The Morgan fingerprint density at radius 3 is 2.65 bits per heavy atom. The minimum absolute atomic E-state index is 0.0295. The molecule has 0 saturated carbocycles. The second-order valence-corrected chi connectivity index (χ2v) is 6.70. The zero-order chi connectivity index (χ0) is 16.8. The van der Waals surface area contributed by atoms with Gasteiger partial charge in [-0.1, -0.05) is 17.7 Å². The van der Waals surface area contributed by atoms with E-state index in [1.807, 2.05) is 0 Å². The number of nitrogens with zero attached hydrogens (tertiary/aromatic N) is 3. The molecule has 122 valence electrons. The van der Waals surface area contributed by atoms with Crippen molar-refractivity contribution in [3.63, 3.8) is 0 Å². The van der Waals surface area contributed by atoms with Crippen LogP contribution in [0, 0.1) is 13.8 Å². The number of halogens is 1. The molecular weight excluding hydrogens is 293 g/mol. The van der Waals surface area contributed by atoms with Crippen LogP contribution in [0.15, 0.2) is 12.1 Å². The summed E-state index contributed by atoms with van der Waals surface area (Å²) >= 11 is 0. The van der Waals surface area contributed by atoms with Crippen molar-refractivity contribution in [2.24, 2.45) is 0 Å². The van der Waals surface area contributed by atoms with E-state index in [4.69, 9.17) is 5.73 Å². The van der Waals surface area contributed by atoms with E-state index in [0.717, 1.165) is 12.8 Å². The van der Waals surface area contributed by atoms with Crippen LogP contribution in [0.4, 0.5) is 16.3 Å². The number of fused-ring (bicyclic) bond motifs is 1. The van der Waals surface area contributed by atoms with Crippen LogP contribution in [0.2, 0.25) is 0 Å². The van der Waals surface area contributed by atoms with Gasteiger partial charge in [0, 0.05) is 0 Å². The first kappa shape index (κ1) is 15.6. The Labute approximate surface area is 135 Å². The highest BCUT2D eigenvalue weighted by Crippen LogP contribution is 2.36. The van der Waals surface area contributed by atoms with E-state index in [2.05, 4.69) is 46.2 Å². The minimum atomic E-state index is -1.66. The third-order valence-corrected chi connectivity index (χ3v) is 4.20. The van der Waals surface area contributed by atoms with Crippen molar-refractivity contribution in [3.05, 3.63) is 40.2 Å². The van der Waals surface area contributed by atoms with Gasteiger partial charge in [-0.25, -0.2) is 4.39 Å². The monoisotopic (exact) mass is 315 g/mol. The van der Waals surface area contributed by atoms with E-state index in [-0.39, 0.29) is 17.8 Å². The van der Waals surface area contributed by atoms with Gasteiger partial charge in [0.1, 0.15) is 0 Å². The molecule has 1 aromatic carbocycles. The molecule has 23 heavy (non-hydrogen) atoms. The van der Waals surface area contributed by atoms with Crippen LogP contribution < -0.4 is 11.1 Å². The van der Waals surface area contributed by atoms with Crippen molar-refractivity contribution in [3.8, 4) is 0 Å². The SMILES string of the molecule is Cc1cc(C)c2c(c1)[C@H](Nc1nc(N)nc(C(C)(C)F)n1)CC2. The molecule has 2 aromatic rings. The topological polar surface area (TPSA) is 76.7 Å². The number of nitrogens with two attached hydrogens (primary N) is 1. The molecule has 6 heteroatoms. The lowest BCUT2D eigenvalue weighted by Gasteiger charge is -2.18. The van der Waals surface area contributed by atoms with Gasteiger partial charge in [0.15, 0.2) is 11.5 Å². The molecule has 5 nitrogen and oxygen atoms in total. The fourth-order valence-corrected chi connectivity index (χ4v) is 3.16. The number of aryl methyl sites for hydroxylation is 2. The molecule has 0 bridgehead atoms. The summed E-state index contributed by atoms with van der Waals surface area (Å²) in [5.74, 6) is 0.406. The Hall–Kier alpha value is -2.24. The first-order chi connectivity index (χ1) is 10.7. The maximum absolute atomic E-state index is 14.1. The summed E-state index contributed by atoms with van der Waals surface area (Å²) in [5.41, 5.74) is 9.23. The van der Waals surface area contributed by atoms with E-state index in [0.29, 0.717) is 5.95 Å². The van der Waals surface area contributed by atoms with Crippen molar-refractivity contribution >= 4 is 11.9 Å². The lowest BCUT2D eigenvalue weighted by molar-refractivity contribution is 0.206. The summed E-state index contributed by atoms with van der Waals surface area (Å²) in [5, 5.41) is 3.30. The van der Waals surface area contributed by atoms with Crippen LogP contribution >= 0.6 is 0 Å². The van der Waals surface area contributed by atoms with Crippen molar-refractivity contribution in [1.82, 2.24) is 15.0 Å². The zero-order valence-corrected chi connectivity index (χ0v) is 13.9. The summed E-state index contributed by atoms with van der Waals surface area (Å²) in [6, 6.07) is 4.50. The average Bonchev–Trinajstić information content (AvgIpc) is 2.80. The number of hydrogen-bond acceptors (Lipinski definition) is 5. The van der Waals surface area contributed by atoms with Crippen LogP contribution in [0.5, 0.6) is 0 Å². The summed E-state index contributed by atoms with van der Waals surface area (Å²) in [7, 11) is 0. The number of rotatable bonds is 3. The fraction of sp³-hybridized carbons (Fsp3) is 0.471. The van der Waals surface area contributed by atoms with Gasteiger partial charge in [-0.3, -0.25) is 0 Å². The summed E-state index contributed by atoms with van der Waals surface area (Å²) in [4.78, 5) is 12.2. The first-order valence-corrected chi connectivity index (χ1v) is 7.81. The van der Waals surface area contributed by atoms with Gasteiger partial charge in [-0.05, 0) is 57.2 Å². The van der Waals surface area contributed by atoms with Crippen LogP contribution in [0.1, 0.15) is 54.4 Å². The maximum atomic E-state index is 14.1. The Morgan fingerprint density at radius 1 is 1.22 bits per heavy atom. The molecule has 0 unspecified atom stereocenters. The molecule has 1 aliphatic rings. The summed E-state index contributed by atoms with van der Waals surface area (Å²) < 4.78 is 14.1. The number of benzene rings is 1. The highest BCUT2D eigenvalue weighted by atomic mass is 19.1. The van der Waals surface area contributed by atoms with Crippen LogP contribution in [0.3, 0.4) is 0 Å². The van der Waals surface area contributed by atoms with Crippen LogP contribution in [-0.2, 0) is 12.1 Å². The number of anilines is 2. The molecule has 1 heterocycles.